The largest absolute Gasteiger partial charge is 0.507 e. The van der Waals surface area contributed by atoms with Crippen LogP contribution in [0.3, 0.4) is 0 Å². The first kappa shape index (κ1) is 12.3. The summed E-state index contributed by atoms with van der Waals surface area (Å²) in [4.78, 5) is 4.70. The van der Waals surface area contributed by atoms with Gasteiger partial charge in [-0.2, -0.15) is 0 Å². The third-order valence-corrected chi connectivity index (χ3v) is 1.97. The van der Waals surface area contributed by atoms with Gasteiger partial charge in [-0.3, -0.25) is 0 Å². The normalized spacial score (nSPS) is 9.94. The first-order valence-electron chi connectivity index (χ1n) is 4.38. The first-order valence-corrected chi connectivity index (χ1v) is 4.76. The summed E-state index contributed by atoms with van der Waals surface area (Å²) in [7, 11) is 0. The Morgan fingerprint density at radius 2 is 2.38 bits per heavy atom. The summed E-state index contributed by atoms with van der Waals surface area (Å²) in [5.74, 6) is 4.22. The number of benzene rings is 1. The Kier molecular flexibility index (Phi) is 4.62. The van der Waals surface area contributed by atoms with Gasteiger partial charge in [0.15, 0.2) is 12.4 Å². The lowest BCUT2D eigenvalue weighted by molar-refractivity contribution is 0.181. The lowest BCUT2D eigenvalue weighted by atomic mass is 10.2. The molecule has 0 fully saturated rings. The zero-order valence-electron chi connectivity index (χ0n) is 8.50. The van der Waals surface area contributed by atoms with Crippen LogP contribution < -0.4 is 0 Å². The van der Waals surface area contributed by atoms with Crippen molar-refractivity contribution in [3.05, 3.63) is 28.5 Å². The molecule has 0 atom stereocenters. The Hall–Kier alpha value is -1.73. The van der Waals surface area contributed by atoms with Crippen LogP contribution in [0.4, 0.5) is 4.39 Å². The van der Waals surface area contributed by atoms with E-state index in [9.17, 15) is 9.50 Å². The highest BCUT2D eigenvalue weighted by Gasteiger charge is 2.09. The van der Waals surface area contributed by atoms with Crippen LogP contribution in [0.15, 0.2) is 17.3 Å². The Morgan fingerprint density at radius 3 is 3.06 bits per heavy atom. The molecule has 1 N–H and O–H groups in total. The fraction of sp³-hybridized carbons (Fsp3) is 0.182. The van der Waals surface area contributed by atoms with Crippen LogP contribution in [0.1, 0.15) is 12.5 Å². The molecule has 0 aliphatic heterocycles. The summed E-state index contributed by atoms with van der Waals surface area (Å²) in [6, 6.07) is 2.53. The number of aromatic hydroxyl groups is 1. The van der Waals surface area contributed by atoms with Crippen molar-refractivity contribution in [2.24, 2.45) is 5.16 Å². The van der Waals surface area contributed by atoms with Crippen molar-refractivity contribution in [1.82, 2.24) is 0 Å². The topological polar surface area (TPSA) is 41.8 Å². The van der Waals surface area contributed by atoms with Crippen LogP contribution in [-0.4, -0.2) is 17.9 Å². The summed E-state index contributed by atoms with van der Waals surface area (Å²) >= 11 is 5.54. The Morgan fingerprint density at radius 1 is 1.62 bits per heavy atom. The van der Waals surface area contributed by atoms with Crippen LogP contribution >= 0.6 is 11.6 Å². The van der Waals surface area contributed by atoms with Crippen LogP contribution in [0.25, 0.3) is 0 Å². The molecule has 0 unspecified atom stereocenters. The summed E-state index contributed by atoms with van der Waals surface area (Å²) in [5, 5.41) is 12.7. The van der Waals surface area contributed by atoms with Crippen molar-refractivity contribution in [3.8, 4) is 17.6 Å². The molecule has 84 valence electrons. The fourth-order valence-corrected chi connectivity index (χ4v) is 1.08. The molecule has 0 saturated carbocycles. The van der Waals surface area contributed by atoms with E-state index >= 15 is 0 Å². The third-order valence-electron chi connectivity index (χ3n) is 1.68. The minimum atomic E-state index is -0.740. The minimum absolute atomic E-state index is 0.0902. The molecular weight excluding hydrogens is 233 g/mol. The average Bonchev–Trinajstić information content (AvgIpc) is 2.28. The molecule has 0 heterocycles. The van der Waals surface area contributed by atoms with E-state index in [1.54, 1.807) is 6.92 Å². The van der Waals surface area contributed by atoms with Gasteiger partial charge in [0.05, 0.1) is 16.8 Å². The zero-order valence-corrected chi connectivity index (χ0v) is 9.25. The van der Waals surface area contributed by atoms with E-state index in [0.29, 0.717) is 0 Å². The van der Waals surface area contributed by atoms with Crippen LogP contribution in [0.2, 0.25) is 5.02 Å². The lowest BCUT2D eigenvalue weighted by Crippen LogP contribution is -1.92. The van der Waals surface area contributed by atoms with Gasteiger partial charge in [-0.15, -0.1) is 5.92 Å². The maximum Gasteiger partial charge on any atom is 0.177 e. The minimum Gasteiger partial charge on any atom is -0.507 e. The second-order valence-electron chi connectivity index (χ2n) is 2.73. The zero-order chi connectivity index (χ0) is 12.0. The highest BCUT2D eigenvalue weighted by molar-refractivity contribution is 6.31. The van der Waals surface area contributed by atoms with Crippen LogP contribution in [0, 0.1) is 17.7 Å². The monoisotopic (exact) mass is 241 g/mol. The summed E-state index contributed by atoms with van der Waals surface area (Å²) in [5.41, 5.74) is -0.114. The molecule has 0 radical (unpaired) electrons. The SMILES string of the molecule is CC#CCO/N=C/c1c(O)ccc(Cl)c1F. The number of hydrogen-bond donors (Lipinski definition) is 1. The van der Waals surface area contributed by atoms with E-state index < -0.39 is 5.82 Å². The number of rotatable bonds is 3. The van der Waals surface area contributed by atoms with Crippen molar-refractivity contribution < 1.29 is 14.3 Å². The van der Waals surface area contributed by atoms with Gasteiger partial charge in [0, 0.05) is 0 Å². The maximum absolute atomic E-state index is 13.4. The van der Waals surface area contributed by atoms with Crippen molar-refractivity contribution >= 4 is 17.8 Å². The number of phenols is 1. The smallest absolute Gasteiger partial charge is 0.177 e. The second-order valence-corrected chi connectivity index (χ2v) is 3.14. The Balaban J connectivity index is 2.79. The molecule has 5 heteroatoms. The van der Waals surface area contributed by atoms with Gasteiger partial charge >= 0.3 is 0 Å². The summed E-state index contributed by atoms with van der Waals surface area (Å²) < 4.78 is 13.4. The third kappa shape index (κ3) is 3.14. The highest BCUT2D eigenvalue weighted by Crippen LogP contribution is 2.24. The van der Waals surface area contributed by atoms with Crippen LogP contribution in [-0.2, 0) is 4.84 Å². The molecule has 16 heavy (non-hydrogen) atoms. The van der Waals surface area contributed by atoms with Crippen molar-refractivity contribution in [3.63, 3.8) is 0 Å². The van der Waals surface area contributed by atoms with E-state index in [4.69, 9.17) is 16.4 Å². The first-order chi connectivity index (χ1) is 7.66. The molecule has 0 aliphatic rings. The predicted octanol–water partition coefficient (Wildman–Crippen LogP) is 2.56. The number of hydrogen-bond acceptors (Lipinski definition) is 3. The maximum atomic E-state index is 13.4. The van der Waals surface area contributed by atoms with Gasteiger partial charge in [0.2, 0.25) is 0 Å². The van der Waals surface area contributed by atoms with Gasteiger partial charge in [-0.1, -0.05) is 22.7 Å². The van der Waals surface area contributed by atoms with Crippen molar-refractivity contribution in [2.75, 3.05) is 6.61 Å². The number of halogens is 2. The lowest BCUT2D eigenvalue weighted by Gasteiger charge is -2.01. The molecule has 0 saturated heterocycles. The Labute approximate surface area is 97.5 Å². The van der Waals surface area contributed by atoms with E-state index in [2.05, 4.69) is 17.0 Å². The fourth-order valence-electron chi connectivity index (χ4n) is 0.911. The van der Waals surface area contributed by atoms with Gasteiger partial charge in [-0.25, -0.2) is 4.39 Å². The second kappa shape index (κ2) is 5.99. The molecule has 0 bridgehead atoms. The van der Waals surface area contributed by atoms with Gasteiger partial charge < -0.3 is 9.94 Å². The molecule has 1 aromatic carbocycles. The van der Waals surface area contributed by atoms with E-state index in [-0.39, 0.29) is 22.9 Å². The molecule has 0 spiro atoms. The molecule has 0 aromatic heterocycles. The molecule has 1 aromatic rings. The molecule has 3 nitrogen and oxygen atoms in total. The van der Waals surface area contributed by atoms with E-state index in [0.717, 1.165) is 6.21 Å². The summed E-state index contributed by atoms with van der Waals surface area (Å²) in [6.07, 6.45) is 1.05. The summed E-state index contributed by atoms with van der Waals surface area (Å²) in [6.45, 7) is 1.77. The van der Waals surface area contributed by atoms with E-state index in [1.165, 1.54) is 12.1 Å². The van der Waals surface area contributed by atoms with Crippen LogP contribution in [0.5, 0.6) is 5.75 Å². The number of oxime groups is 1. The number of phenolic OH excluding ortho intramolecular Hbond substituents is 1. The van der Waals surface area contributed by atoms with Gasteiger partial charge in [0.1, 0.15) is 5.75 Å². The standard InChI is InChI=1S/C11H9ClFNO2/c1-2-3-6-16-14-7-8-10(15)5-4-9(12)11(8)13/h4-5,7,15H,6H2,1H3/b14-7+. The van der Waals surface area contributed by atoms with Gasteiger partial charge in [-0.05, 0) is 19.1 Å². The molecule has 0 amide bonds. The predicted molar refractivity (Wildman–Crippen MR) is 60.1 cm³/mol. The van der Waals surface area contributed by atoms with Crippen molar-refractivity contribution in [1.29, 1.82) is 0 Å². The quantitative estimate of drug-likeness (QED) is 0.382. The van der Waals surface area contributed by atoms with E-state index in [1.807, 2.05) is 0 Å². The van der Waals surface area contributed by atoms with Gasteiger partial charge in [0.25, 0.3) is 0 Å². The molecule has 1 rings (SSSR count). The van der Waals surface area contributed by atoms with Crippen molar-refractivity contribution in [2.45, 2.75) is 6.92 Å². The Bertz CT molecular complexity index is 463. The molecular formula is C11H9ClFNO2. The number of nitrogens with zero attached hydrogens (tertiary/aromatic N) is 1. The molecule has 0 aliphatic carbocycles. The average molecular weight is 242 g/mol. The highest BCUT2D eigenvalue weighted by atomic mass is 35.5.